The fraction of sp³-hybridized carbons (Fsp3) is 0.150. The predicted molar refractivity (Wildman–Crippen MR) is 303 cm³/mol. The summed E-state index contributed by atoms with van der Waals surface area (Å²) in [6.07, 6.45) is 9.00. The van der Waals surface area contributed by atoms with Gasteiger partial charge in [0.25, 0.3) is 19.4 Å². The summed E-state index contributed by atoms with van der Waals surface area (Å²) in [5, 5.41) is 15.6. The second-order valence-electron chi connectivity index (χ2n) is 18.7. The number of nitrogens with zero attached hydrogens (tertiary/aromatic N) is 6. The molecule has 79 heavy (non-hydrogen) atoms. The first-order valence-electron chi connectivity index (χ1n) is 23.6. The number of rotatable bonds is 17. The van der Waals surface area contributed by atoms with Crippen LogP contribution in [0, 0.1) is 5.41 Å². The van der Waals surface area contributed by atoms with Crippen molar-refractivity contribution in [2.24, 2.45) is 0 Å². The van der Waals surface area contributed by atoms with Crippen LogP contribution in [0.15, 0.2) is 165 Å². The molecule has 0 atom stereocenters. The summed E-state index contributed by atoms with van der Waals surface area (Å²) in [5.74, 6) is 0. The smallest absolute Gasteiger partial charge is 0.753 e. The van der Waals surface area contributed by atoms with Gasteiger partial charge in [0.05, 0.1) is 41.6 Å². The van der Waals surface area contributed by atoms with E-state index in [-0.39, 0.29) is 36.0 Å². The van der Waals surface area contributed by atoms with E-state index < -0.39 is 17.6 Å². The van der Waals surface area contributed by atoms with Crippen molar-refractivity contribution in [1.82, 2.24) is 19.9 Å². The zero-order valence-electron chi connectivity index (χ0n) is 43.6. The minimum Gasteiger partial charge on any atom is -0.753 e. The van der Waals surface area contributed by atoms with Crippen molar-refractivity contribution >= 4 is 83.5 Å². The number of carbonyl (C=O) groups excluding carboxylic acids is 3. The van der Waals surface area contributed by atoms with Crippen LogP contribution in [0.3, 0.4) is 0 Å². The first-order chi connectivity index (χ1) is 37.2. The Morgan fingerprint density at radius 1 is 0.595 bits per heavy atom. The number of carbonyl (C=O) groups is 3. The zero-order chi connectivity index (χ0) is 56.9. The van der Waals surface area contributed by atoms with Crippen molar-refractivity contribution in [3.05, 3.63) is 209 Å². The van der Waals surface area contributed by atoms with E-state index in [1.54, 1.807) is 73.1 Å². The molecule has 19 heteroatoms. The molecule has 3 aromatic carbocycles. The summed E-state index contributed by atoms with van der Waals surface area (Å²) in [4.78, 5) is 51.0. The van der Waals surface area contributed by atoms with E-state index in [0.29, 0.717) is 53.8 Å². The molecule has 7 rings (SSSR count). The minimum absolute atomic E-state index is 0. The summed E-state index contributed by atoms with van der Waals surface area (Å²) in [6.45, 7) is 14.1. The van der Waals surface area contributed by atoms with Gasteiger partial charge in [-0.05, 0) is 147 Å². The Bertz CT molecular complexity index is 3190. The van der Waals surface area contributed by atoms with Gasteiger partial charge in [-0.15, -0.1) is 5.70 Å². The van der Waals surface area contributed by atoms with Gasteiger partial charge >= 0.3 is 25.7 Å². The number of benzene rings is 3. The number of thiocarbonyl (C=S) groups is 1. The number of hydrogen-bond acceptors (Lipinski definition) is 13. The monoisotopic (exact) mass is 1170 g/mol. The van der Waals surface area contributed by atoms with Gasteiger partial charge in [0.1, 0.15) is 5.71 Å². The molecule has 7 aromatic rings. The normalized spacial score (nSPS) is 11.5. The number of allylic oxidation sites excluding steroid dienone is 1. The summed E-state index contributed by atoms with van der Waals surface area (Å²) < 4.78 is 51.9. The van der Waals surface area contributed by atoms with E-state index >= 15 is 0 Å². The number of anilines is 3. The molecule has 0 saturated carbocycles. The molecule has 14 nitrogen and oxygen atoms in total. The topological polar surface area (TPSA) is 204 Å². The Kier molecular flexibility index (Phi) is 23.5. The number of ether oxygens (including phenoxy) is 3. The number of aromatic nitrogens is 4. The number of halogens is 3. The third-order valence-corrected chi connectivity index (χ3v) is 11.2. The zero-order valence-corrected chi connectivity index (χ0v) is 46.1. The molecule has 404 valence electrons. The van der Waals surface area contributed by atoms with Crippen molar-refractivity contribution in [3.63, 3.8) is 0 Å². The fourth-order valence-corrected chi connectivity index (χ4v) is 7.24. The van der Waals surface area contributed by atoms with E-state index in [0.717, 1.165) is 39.3 Å². The van der Waals surface area contributed by atoms with Gasteiger partial charge in [-0.2, -0.15) is 18.3 Å². The Morgan fingerprint density at radius 3 is 1.34 bits per heavy atom. The molecule has 0 radical (unpaired) electrons. The maximum Gasteiger partial charge on any atom is 2.00 e. The van der Waals surface area contributed by atoms with Gasteiger partial charge < -0.3 is 30.3 Å². The van der Waals surface area contributed by atoms with Crippen LogP contribution in [0.5, 0.6) is 0 Å². The fourth-order valence-electron chi connectivity index (χ4n) is 7.24. The summed E-state index contributed by atoms with van der Waals surface area (Å²) in [5.41, 5.74) is 17.5. The third kappa shape index (κ3) is 19.0. The Balaban J connectivity index is 0.000000329. The van der Waals surface area contributed by atoms with Gasteiger partial charge in [-0.3, -0.25) is 34.7 Å². The van der Waals surface area contributed by atoms with Gasteiger partial charge in [0, 0.05) is 46.9 Å². The summed E-state index contributed by atoms with van der Waals surface area (Å²) in [6, 6.07) is 39.0. The predicted octanol–water partition coefficient (Wildman–Crippen LogP) is 15.1. The number of isothiocyanates is 1. The average Bonchev–Trinajstić information content (AvgIpc) is 3.42. The van der Waals surface area contributed by atoms with E-state index in [4.69, 9.17) is 16.6 Å². The Morgan fingerprint density at radius 2 is 0.975 bits per heavy atom. The van der Waals surface area contributed by atoms with Crippen LogP contribution in [0.25, 0.3) is 69.0 Å². The van der Waals surface area contributed by atoms with Gasteiger partial charge in [-0.25, -0.2) is 4.98 Å². The second-order valence-corrected chi connectivity index (χ2v) is 18.9. The van der Waals surface area contributed by atoms with Crippen LogP contribution in [-0.4, -0.2) is 56.4 Å². The molecular formula is C60H53F3N8O6RuS. The van der Waals surface area contributed by atoms with Gasteiger partial charge in [0.15, 0.2) is 0 Å². The molecule has 0 amide bonds. The number of hydrogen-bond donors (Lipinski definition) is 1. The van der Waals surface area contributed by atoms with Crippen LogP contribution < -0.4 is 4.90 Å². The minimum atomic E-state index is -4.80. The maximum absolute atomic E-state index is 12.7. The molecule has 4 heterocycles. The SMILES string of the molecule is CC(C)(C)c1ccc(N(c2ccc(-c3ccc(/C([NH-])=C/C(=N)C(F)(F)F)nc3)cc2)c2ccc(C(C)(C)C)cc2)cc1.O=CO/C=C/c1ccnc(-c2cc(/C=C/OC=O)cc(-c3cc(/C=C/OC=O)ccn3)n2)c1.[N-]=C=S.[Ru+2]. The molecule has 0 spiro atoms. The molecule has 0 unspecified atom stereocenters. The molecule has 0 aliphatic heterocycles. The van der Waals surface area contributed by atoms with Crippen LogP contribution in [0.1, 0.15) is 75.1 Å². The van der Waals surface area contributed by atoms with E-state index in [1.807, 2.05) is 24.3 Å². The summed E-state index contributed by atoms with van der Waals surface area (Å²) in [7, 11) is 0. The van der Waals surface area contributed by atoms with Crippen molar-refractivity contribution < 1.29 is 61.2 Å². The molecule has 0 saturated heterocycles. The largest absolute Gasteiger partial charge is 2.00 e. The number of alkyl halides is 3. The van der Waals surface area contributed by atoms with Crippen molar-refractivity contribution in [3.8, 4) is 33.9 Å². The molecule has 2 N–H and O–H groups in total. The summed E-state index contributed by atoms with van der Waals surface area (Å²) >= 11 is 3.70. The van der Waals surface area contributed by atoms with Crippen molar-refractivity contribution in [2.75, 3.05) is 4.90 Å². The molecule has 0 aliphatic rings. The van der Waals surface area contributed by atoms with Crippen LogP contribution in [0.2, 0.25) is 0 Å². The molecular weight excluding hydrogens is 1120 g/mol. The van der Waals surface area contributed by atoms with Crippen molar-refractivity contribution in [2.45, 2.75) is 58.5 Å². The quantitative estimate of drug-likeness (QED) is 0.0226. The van der Waals surface area contributed by atoms with Crippen molar-refractivity contribution in [1.29, 1.82) is 5.41 Å². The standard InChI is InChI=1S/C35H36F3N4.C24H17N3O6.CNS.Ru/c1-33(2,3)25-10-16-28(17-11-25)42(29-18-12-26(13-19-29)34(4,5)6)27-14-7-23(8-15-27)24-9-20-31(41-22-24)30(39)21-32(40)35(36,37)38;28-15-31-8-3-18-1-6-25-21(11-18)23-13-20(5-10-33-17-30)14-24(27-23)22-12-19(2-7-26-22)4-9-32-16-29;2-1-3;/h7-22,39-40H,1-6H3;1-17H;;/q-1;;-1;+2/b30-21-,40-32?;8-3+,9-4+,10-5+;;. The first-order valence-corrected chi connectivity index (χ1v) is 24.0. The van der Waals surface area contributed by atoms with Crippen LogP contribution >= 0.6 is 12.2 Å². The maximum atomic E-state index is 12.7. The van der Waals surface area contributed by atoms with Crippen LogP contribution in [-0.2, 0) is 58.9 Å². The Hall–Kier alpha value is -8.89. The molecule has 0 aliphatic carbocycles. The second kappa shape index (κ2) is 29.6. The molecule has 0 fully saturated rings. The Labute approximate surface area is 474 Å². The first kappa shape index (κ1) is 62.7. The third-order valence-electron chi connectivity index (χ3n) is 11.2. The number of nitrogens with one attached hydrogen (secondary N) is 2. The average molecular weight is 1170 g/mol. The number of pyridine rings is 4. The van der Waals surface area contributed by atoms with Gasteiger partial charge in [0.2, 0.25) is 0 Å². The van der Waals surface area contributed by atoms with E-state index in [1.165, 1.54) is 47.3 Å². The van der Waals surface area contributed by atoms with Crippen LogP contribution in [0.4, 0.5) is 30.2 Å². The van der Waals surface area contributed by atoms with E-state index in [2.05, 4.69) is 141 Å². The van der Waals surface area contributed by atoms with Gasteiger partial charge in [-0.1, -0.05) is 96.2 Å². The molecule has 0 bridgehead atoms. The van der Waals surface area contributed by atoms with E-state index in [9.17, 15) is 27.6 Å². The molecule has 4 aromatic heterocycles.